The van der Waals surface area contributed by atoms with Gasteiger partial charge in [0.25, 0.3) is 0 Å². The highest BCUT2D eigenvalue weighted by atomic mass is 32.2. The van der Waals surface area contributed by atoms with Gasteiger partial charge < -0.3 is 15.6 Å². The number of aliphatic hydroxyl groups excluding tert-OH is 1. The van der Waals surface area contributed by atoms with Gasteiger partial charge in [-0.1, -0.05) is 12.1 Å². The number of rotatable bonds is 5. The molecule has 0 aliphatic heterocycles. The monoisotopic (exact) mass is 309 g/mol. The van der Waals surface area contributed by atoms with Crippen molar-refractivity contribution in [1.29, 1.82) is 0 Å². The van der Waals surface area contributed by atoms with Gasteiger partial charge in [0, 0.05) is 4.90 Å². The van der Waals surface area contributed by atoms with Gasteiger partial charge in [0.15, 0.2) is 0 Å². The van der Waals surface area contributed by atoms with Crippen LogP contribution in [0.15, 0.2) is 29.2 Å². The normalized spacial score (nSPS) is 14.7. The summed E-state index contributed by atoms with van der Waals surface area (Å²) in [6, 6.07) is 3.70. The summed E-state index contributed by atoms with van der Waals surface area (Å²) >= 11 is -0.261. The zero-order chi connectivity index (χ0) is 15.3. The van der Waals surface area contributed by atoms with Crippen LogP contribution in [0.25, 0.3) is 0 Å². The minimum Gasteiger partial charge on any atom is -0.465 e. The molecule has 0 saturated carbocycles. The maximum absolute atomic E-state index is 12.2. The zero-order valence-electron chi connectivity index (χ0n) is 10.6. The van der Waals surface area contributed by atoms with Crippen LogP contribution in [0, 0.1) is 0 Å². The number of hydrogen-bond acceptors (Lipinski definition) is 5. The van der Waals surface area contributed by atoms with E-state index in [-0.39, 0.29) is 28.8 Å². The molecular weight excluding hydrogens is 295 g/mol. The minimum absolute atomic E-state index is 0.0156. The molecule has 0 fully saturated rings. The predicted octanol–water partition coefficient (Wildman–Crippen LogP) is 2.22. The maximum atomic E-state index is 12.2. The lowest BCUT2D eigenvalue weighted by atomic mass is 10.0. The SMILES string of the molecule is CCOC(=O)C(N)C(O)c1ccc(SC(F)(F)F)cc1. The number of carbonyl (C=O) groups excluding carboxylic acids is 1. The van der Waals surface area contributed by atoms with Gasteiger partial charge in [0.1, 0.15) is 12.1 Å². The molecule has 0 radical (unpaired) electrons. The first-order chi connectivity index (χ1) is 9.24. The van der Waals surface area contributed by atoms with Crippen LogP contribution in [-0.2, 0) is 9.53 Å². The predicted molar refractivity (Wildman–Crippen MR) is 67.9 cm³/mol. The lowest BCUT2D eigenvalue weighted by Gasteiger charge is -2.18. The van der Waals surface area contributed by atoms with Crippen LogP contribution >= 0.6 is 11.8 Å². The molecule has 2 unspecified atom stereocenters. The Morgan fingerprint density at radius 3 is 2.40 bits per heavy atom. The summed E-state index contributed by atoms with van der Waals surface area (Å²) < 4.78 is 41.1. The molecule has 0 aromatic heterocycles. The number of esters is 1. The van der Waals surface area contributed by atoms with Gasteiger partial charge in [0.2, 0.25) is 0 Å². The number of benzene rings is 1. The first kappa shape index (κ1) is 16.8. The van der Waals surface area contributed by atoms with Crippen LogP contribution in [-0.4, -0.2) is 29.2 Å². The van der Waals surface area contributed by atoms with E-state index in [0.29, 0.717) is 0 Å². The van der Waals surface area contributed by atoms with Gasteiger partial charge >= 0.3 is 11.5 Å². The fraction of sp³-hybridized carbons (Fsp3) is 0.417. The number of alkyl halides is 3. The number of nitrogens with two attached hydrogens (primary N) is 1. The van der Waals surface area contributed by atoms with Crippen LogP contribution in [0.1, 0.15) is 18.6 Å². The molecule has 0 amide bonds. The van der Waals surface area contributed by atoms with E-state index < -0.39 is 23.6 Å². The van der Waals surface area contributed by atoms with E-state index in [0.717, 1.165) is 0 Å². The van der Waals surface area contributed by atoms with E-state index in [2.05, 4.69) is 4.74 Å². The fourth-order valence-electron chi connectivity index (χ4n) is 1.44. The summed E-state index contributed by atoms with van der Waals surface area (Å²) in [6.45, 7) is 1.72. The second-order valence-electron chi connectivity index (χ2n) is 3.84. The quantitative estimate of drug-likeness (QED) is 0.644. The Morgan fingerprint density at radius 1 is 1.40 bits per heavy atom. The van der Waals surface area contributed by atoms with Gasteiger partial charge in [-0.05, 0) is 36.4 Å². The Kier molecular flexibility index (Phi) is 5.85. The maximum Gasteiger partial charge on any atom is 0.446 e. The van der Waals surface area contributed by atoms with Crippen LogP contribution < -0.4 is 5.73 Å². The van der Waals surface area contributed by atoms with E-state index in [9.17, 15) is 23.1 Å². The van der Waals surface area contributed by atoms with E-state index in [4.69, 9.17) is 5.73 Å². The molecule has 4 nitrogen and oxygen atoms in total. The Morgan fingerprint density at radius 2 is 1.95 bits per heavy atom. The number of ether oxygens (including phenoxy) is 1. The van der Waals surface area contributed by atoms with Crippen molar-refractivity contribution in [2.45, 2.75) is 29.5 Å². The van der Waals surface area contributed by atoms with Gasteiger partial charge in [-0.2, -0.15) is 13.2 Å². The van der Waals surface area contributed by atoms with Gasteiger partial charge in [-0.15, -0.1) is 0 Å². The smallest absolute Gasteiger partial charge is 0.446 e. The fourth-order valence-corrected chi connectivity index (χ4v) is 1.98. The molecule has 0 saturated heterocycles. The van der Waals surface area contributed by atoms with Crippen molar-refractivity contribution >= 4 is 17.7 Å². The molecule has 112 valence electrons. The van der Waals surface area contributed by atoms with Crippen molar-refractivity contribution in [3.8, 4) is 0 Å². The molecule has 3 N–H and O–H groups in total. The lowest BCUT2D eigenvalue weighted by Crippen LogP contribution is -2.38. The standard InChI is InChI=1S/C12H14F3NO3S/c1-2-19-11(18)9(16)10(17)7-3-5-8(6-4-7)20-12(13,14)15/h3-6,9-10,17H,2,16H2,1H3. The van der Waals surface area contributed by atoms with Gasteiger partial charge in [-0.3, -0.25) is 4.79 Å². The van der Waals surface area contributed by atoms with Crippen molar-refractivity contribution < 1.29 is 27.8 Å². The molecule has 8 heteroatoms. The first-order valence-electron chi connectivity index (χ1n) is 5.70. The summed E-state index contributed by atoms with van der Waals surface area (Å²) in [5.41, 5.74) is 1.38. The number of thioether (sulfide) groups is 1. The molecular formula is C12H14F3NO3S. The molecule has 1 aromatic rings. The number of hydrogen-bond donors (Lipinski definition) is 2. The number of carbonyl (C=O) groups is 1. The van der Waals surface area contributed by atoms with E-state index >= 15 is 0 Å². The van der Waals surface area contributed by atoms with E-state index in [1.54, 1.807) is 6.92 Å². The average molecular weight is 309 g/mol. The highest BCUT2D eigenvalue weighted by molar-refractivity contribution is 8.00. The van der Waals surface area contributed by atoms with Crippen molar-refractivity contribution in [1.82, 2.24) is 0 Å². The summed E-state index contributed by atoms with van der Waals surface area (Å²) in [7, 11) is 0. The largest absolute Gasteiger partial charge is 0.465 e. The van der Waals surface area contributed by atoms with Gasteiger partial charge in [0.05, 0.1) is 6.61 Å². The third-order valence-electron chi connectivity index (χ3n) is 2.35. The second-order valence-corrected chi connectivity index (χ2v) is 4.98. The van der Waals surface area contributed by atoms with Crippen molar-refractivity contribution in [3.63, 3.8) is 0 Å². The summed E-state index contributed by atoms with van der Waals surface area (Å²) in [4.78, 5) is 11.3. The average Bonchev–Trinajstić information content (AvgIpc) is 2.36. The molecule has 1 rings (SSSR count). The third-order valence-corrected chi connectivity index (χ3v) is 3.09. The molecule has 2 atom stereocenters. The topological polar surface area (TPSA) is 72.5 Å². The highest BCUT2D eigenvalue weighted by Gasteiger charge is 2.29. The Labute approximate surface area is 118 Å². The third kappa shape index (κ3) is 5.03. The van der Waals surface area contributed by atoms with Crippen molar-refractivity contribution in [2.24, 2.45) is 5.73 Å². The molecule has 0 spiro atoms. The number of aliphatic hydroxyl groups is 1. The van der Waals surface area contributed by atoms with Crippen LogP contribution in [0.2, 0.25) is 0 Å². The van der Waals surface area contributed by atoms with Crippen LogP contribution in [0.4, 0.5) is 13.2 Å². The Balaban J connectivity index is 2.75. The van der Waals surface area contributed by atoms with Crippen LogP contribution in [0.3, 0.4) is 0 Å². The molecule has 0 heterocycles. The Hall–Kier alpha value is -1.25. The summed E-state index contributed by atoms with van der Waals surface area (Å²) in [5, 5.41) is 9.85. The van der Waals surface area contributed by atoms with Crippen molar-refractivity contribution in [3.05, 3.63) is 29.8 Å². The lowest BCUT2D eigenvalue weighted by molar-refractivity contribution is -0.147. The molecule has 20 heavy (non-hydrogen) atoms. The summed E-state index contributed by atoms with van der Waals surface area (Å²) in [6.07, 6.45) is -1.33. The minimum atomic E-state index is -4.37. The van der Waals surface area contributed by atoms with Crippen LogP contribution in [0.5, 0.6) is 0 Å². The highest BCUT2D eigenvalue weighted by Crippen LogP contribution is 2.37. The Bertz CT molecular complexity index is 450. The van der Waals surface area contributed by atoms with Gasteiger partial charge in [-0.25, -0.2) is 0 Å². The van der Waals surface area contributed by atoms with E-state index in [1.807, 2.05) is 0 Å². The molecule has 0 bridgehead atoms. The summed E-state index contributed by atoms with van der Waals surface area (Å²) in [5.74, 6) is -0.770. The molecule has 0 aliphatic carbocycles. The van der Waals surface area contributed by atoms with Crippen molar-refractivity contribution in [2.75, 3.05) is 6.61 Å². The number of halogens is 3. The molecule has 0 aliphatic rings. The first-order valence-corrected chi connectivity index (χ1v) is 6.52. The second kappa shape index (κ2) is 6.96. The zero-order valence-corrected chi connectivity index (χ0v) is 11.4. The molecule has 1 aromatic carbocycles. The van der Waals surface area contributed by atoms with E-state index in [1.165, 1.54) is 24.3 Å².